The van der Waals surface area contributed by atoms with Crippen molar-refractivity contribution in [1.29, 1.82) is 0 Å². The normalized spacial score (nSPS) is 14.5. The maximum Gasteiger partial charge on any atom is 1.00 e. The number of carbonyl (C=O) groups is 1. The number of hydrogen-bond donors (Lipinski definition) is 1. The van der Waals surface area contributed by atoms with E-state index in [9.17, 15) is 19.1 Å². The zero-order chi connectivity index (χ0) is 23.4. The summed E-state index contributed by atoms with van der Waals surface area (Å²) < 4.78 is 26.5. The zero-order valence-electron chi connectivity index (χ0n) is 19.7. The van der Waals surface area contributed by atoms with Gasteiger partial charge in [-0.25, -0.2) is 4.98 Å². The van der Waals surface area contributed by atoms with E-state index in [-0.39, 0.29) is 81.8 Å². The molecule has 1 aliphatic rings. The fraction of sp³-hybridized carbons (Fsp3) is 0.273. The smallest absolute Gasteiger partial charge is 0.790 e. The van der Waals surface area contributed by atoms with Gasteiger partial charge in [-0.05, 0) is 54.7 Å². The number of hydrogen-bond acceptors (Lipinski definition) is 9. The molecular weight excluding hydrogens is 513 g/mol. The molecule has 4 rings (SSSR count). The second-order valence-electron chi connectivity index (χ2n) is 7.40. The number of amides is 1. The molecule has 1 aliphatic heterocycles. The molecule has 9 nitrogen and oxygen atoms in total. The molecule has 0 radical (unpaired) electrons. The molecule has 13 heteroatoms. The van der Waals surface area contributed by atoms with Crippen molar-refractivity contribution in [1.82, 2.24) is 10.3 Å². The number of nitrogens with zero attached hydrogens (tertiary/aromatic N) is 1. The summed E-state index contributed by atoms with van der Waals surface area (Å²) in [4.78, 5) is 37.3. The minimum atomic E-state index is -5.05. The van der Waals surface area contributed by atoms with Crippen molar-refractivity contribution < 1.29 is 92.3 Å². The Balaban J connectivity index is 0.00000216. The van der Waals surface area contributed by atoms with Crippen LogP contribution in [0.1, 0.15) is 38.9 Å². The molecule has 1 aromatic heterocycles. The Bertz CT molecular complexity index is 1200. The predicted octanol–water partition coefficient (Wildman–Crippen LogP) is -3.11. The molecule has 0 unspecified atom stereocenters. The molecule has 1 atom stereocenters. The van der Waals surface area contributed by atoms with Crippen LogP contribution in [0.5, 0.6) is 16.7 Å². The van der Waals surface area contributed by atoms with Crippen LogP contribution in [0.4, 0.5) is 0 Å². The van der Waals surface area contributed by atoms with E-state index in [4.69, 9.17) is 9.47 Å². The molecule has 2 aromatic carbocycles. The molecule has 1 amide bonds. The van der Waals surface area contributed by atoms with Gasteiger partial charge in [-0.1, -0.05) is 35.6 Å². The number of thiazole rings is 1. The number of aryl methyl sites for hydroxylation is 2. The molecule has 0 saturated carbocycles. The van der Waals surface area contributed by atoms with Crippen molar-refractivity contribution in [3.8, 4) is 16.7 Å². The Morgan fingerprint density at radius 1 is 1.26 bits per heavy atom. The molecule has 174 valence electrons. The number of nitrogens with one attached hydrogen (secondary N) is 1. The first-order valence-electron chi connectivity index (χ1n) is 10.2. The molecule has 35 heavy (non-hydrogen) atoms. The number of ether oxygens (including phenoxy) is 2. The van der Waals surface area contributed by atoms with E-state index < -0.39 is 20.3 Å². The van der Waals surface area contributed by atoms with Gasteiger partial charge in [-0.2, -0.15) is 0 Å². The first kappa shape index (κ1) is 30.5. The van der Waals surface area contributed by atoms with E-state index in [1.54, 1.807) is 6.07 Å². The van der Waals surface area contributed by atoms with Crippen molar-refractivity contribution in [2.24, 2.45) is 0 Å². The Labute approximate surface area is 251 Å². The topological polar surface area (TPSA) is 133 Å². The van der Waals surface area contributed by atoms with Crippen LogP contribution < -0.4 is 83.7 Å². The van der Waals surface area contributed by atoms with Crippen LogP contribution in [0.2, 0.25) is 0 Å². The van der Waals surface area contributed by atoms with Gasteiger partial charge < -0.3 is 33.7 Å². The maximum absolute atomic E-state index is 12.1. The molecule has 2 heterocycles. The van der Waals surface area contributed by atoms with E-state index in [0.717, 1.165) is 35.5 Å². The van der Waals surface area contributed by atoms with E-state index in [2.05, 4.69) is 33.9 Å². The molecule has 0 spiro atoms. The summed E-state index contributed by atoms with van der Waals surface area (Å²) in [5.41, 5.74) is 3.44. The van der Waals surface area contributed by atoms with Gasteiger partial charge in [0.15, 0.2) is 0 Å². The number of rotatable bonds is 8. The molecule has 1 N–H and O–H groups in total. The quantitative estimate of drug-likeness (QED) is 0.183. The molecule has 0 bridgehead atoms. The third-order valence-electron chi connectivity index (χ3n) is 5.06. The fourth-order valence-electron chi connectivity index (χ4n) is 3.52. The summed E-state index contributed by atoms with van der Waals surface area (Å²) in [7, 11) is -5.05. The van der Waals surface area contributed by atoms with E-state index in [1.807, 2.05) is 24.3 Å². The van der Waals surface area contributed by atoms with Crippen molar-refractivity contribution in [3.63, 3.8) is 0 Å². The molecule has 0 saturated heterocycles. The minimum Gasteiger partial charge on any atom is -0.790 e. The van der Waals surface area contributed by atoms with Gasteiger partial charge in [0.1, 0.15) is 22.5 Å². The van der Waals surface area contributed by atoms with Gasteiger partial charge in [-0.15, -0.1) is 0 Å². The van der Waals surface area contributed by atoms with Crippen LogP contribution in [0.3, 0.4) is 0 Å². The summed E-state index contributed by atoms with van der Waals surface area (Å²) in [5.74, 6) is 0.936. The Morgan fingerprint density at radius 2 is 2.03 bits per heavy atom. The predicted molar refractivity (Wildman–Crippen MR) is 117 cm³/mol. The zero-order valence-corrected chi connectivity index (χ0v) is 25.4. The van der Waals surface area contributed by atoms with E-state index in [0.29, 0.717) is 5.75 Å². The maximum atomic E-state index is 12.1. The van der Waals surface area contributed by atoms with Gasteiger partial charge >= 0.3 is 59.1 Å². The fourth-order valence-corrected chi connectivity index (χ4v) is 4.53. The second-order valence-corrected chi connectivity index (χ2v) is 9.55. The molecule has 0 aliphatic carbocycles. The number of aromatic nitrogens is 1. The Kier molecular flexibility index (Phi) is 11.9. The SMILES string of the molecule is Cc1ccccc1[C@@H]1CCc2cc(Oc3ncc(C(=O)NCCOP(=O)([O-])[O-])s3)ccc2O1.[Na+].[Na+]. The van der Waals surface area contributed by atoms with Gasteiger partial charge in [0.2, 0.25) is 0 Å². The van der Waals surface area contributed by atoms with Crippen LogP contribution in [-0.4, -0.2) is 24.0 Å². The van der Waals surface area contributed by atoms with Crippen molar-refractivity contribution in [2.75, 3.05) is 13.2 Å². The summed E-state index contributed by atoms with van der Waals surface area (Å²) >= 11 is 1.04. The minimum absolute atomic E-state index is 0. The van der Waals surface area contributed by atoms with Crippen molar-refractivity contribution in [3.05, 3.63) is 70.2 Å². The largest absolute Gasteiger partial charge is 1.00 e. The van der Waals surface area contributed by atoms with Crippen molar-refractivity contribution in [2.45, 2.75) is 25.9 Å². The van der Waals surface area contributed by atoms with Gasteiger partial charge in [0.05, 0.1) is 20.6 Å². The van der Waals surface area contributed by atoms with Crippen LogP contribution >= 0.6 is 19.2 Å². The van der Waals surface area contributed by atoms with Crippen molar-refractivity contribution >= 4 is 25.1 Å². The average Bonchev–Trinajstić information content (AvgIpc) is 3.24. The number of fused-ring (bicyclic) bond motifs is 1. The molecule has 0 fully saturated rings. The first-order valence-corrected chi connectivity index (χ1v) is 12.5. The third kappa shape index (κ3) is 8.66. The van der Waals surface area contributed by atoms with Gasteiger partial charge in [0, 0.05) is 6.54 Å². The van der Waals surface area contributed by atoms with Crippen LogP contribution in [0.25, 0.3) is 0 Å². The first-order chi connectivity index (χ1) is 15.8. The van der Waals surface area contributed by atoms with Crippen LogP contribution in [0, 0.1) is 6.92 Å². The van der Waals surface area contributed by atoms with Crippen LogP contribution in [-0.2, 0) is 15.5 Å². The number of phosphoric acid groups is 1. The standard InChI is InChI=1S/C22H23N2O7PS.2Na/c1-14-4-2-3-5-17(14)19-8-6-15-12-16(7-9-18(15)31-19)30-22-24-13-20(33-22)21(25)23-10-11-29-32(26,27)28;;/h2-5,7,9,12-13,19H,6,8,10-11H2,1H3,(H,23,25)(H2,26,27,28);;/q;2*+1/p-2/t19-;;/m0../s1. The average molecular weight is 534 g/mol. The molecular formula is C22H21N2Na2O7PS. The Hall–Kier alpha value is -0.750. The number of benzene rings is 2. The summed E-state index contributed by atoms with van der Waals surface area (Å²) in [6.07, 6.45) is 3.08. The number of phosphoric ester groups is 1. The van der Waals surface area contributed by atoms with E-state index in [1.165, 1.54) is 17.3 Å². The monoisotopic (exact) mass is 534 g/mol. The Morgan fingerprint density at radius 3 is 2.77 bits per heavy atom. The van der Waals surface area contributed by atoms with Gasteiger partial charge in [0.25, 0.3) is 11.1 Å². The van der Waals surface area contributed by atoms with Gasteiger partial charge in [-0.3, -0.25) is 4.79 Å². The summed E-state index contributed by atoms with van der Waals surface area (Å²) in [6.45, 7) is 1.52. The van der Waals surface area contributed by atoms with Crippen LogP contribution in [0.15, 0.2) is 48.7 Å². The second kappa shape index (κ2) is 13.7. The number of carbonyl (C=O) groups excluding carboxylic acids is 1. The summed E-state index contributed by atoms with van der Waals surface area (Å²) in [5, 5.41) is 2.73. The molecule has 3 aromatic rings. The van der Waals surface area contributed by atoms with E-state index >= 15 is 0 Å². The third-order valence-corrected chi connectivity index (χ3v) is 6.44. The summed E-state index contributed by atoms with van der Waals surface area (Å²) in [6, 6.07) is 13.8.